The summed E-state index contributed by atoms with van der Waals surface area (Å²) < 4.78 is 44.9. The molecular formula is C11H9ClF3N3O2. The number of alkyl halides is 4. The van der Waals surface area contributed by atoms with E-state index in [2.05, 4.69) is 20.3 Å². The van der Waals surface area contributed by atoms with Crippen molar-refractivity contribution in [1.29, 1.82) is 0 Å². The van der Waals surface area contributed by atoms with E-state index in [1.807, 2.05) is 0 Å². The Bertz CT molecular complexity index is 569. The van der Waals surface area contributed by atoms with Crippen LogP contribution in [0.15, 0.2) is 28.7 Å². The molecule has 1 aromatic heterocycles. The number of anilines is 2. The molecule has 1 unspecified atom stereocenters. The van der Waals surface area contributed by atoms with Gasteiger partial charge in [0.1, 0.15) is 11.1 Å². The number of aromatic nitrogens is 2. The molecule has 0 aliphatic rings. The van der Waals surface area contributed by atoms with E-state index < -0.39 is 11.7 Å². The highest BCUT2D eigenvalue weighted by Gasteiger charge is 2.30. The molecule has 0 fully saturated rings. The van der Waals surface area contributed by atoms with Crippen molar-refractivity contribution in [3.63, 3.8) is 0 Å². The van der Waals surface area contributed by atoms with Gasteiger partial charge >= 0.3 is 12.4 Å². The highest BCUT2D eigenvalue weighted by atomic mass is 35.5. The number of rotatable bonds is 4. The molecule has 0 saturated heterocycles. The minimum Gasteiger partial charge on any atom is -0.406 e. The Balaban J connectivity index is 2.03. The van der Waals surface area contributed by atoms with Crippen LogP contribution < -0.4 is 10.1 Å². The third-order valence-corrected chi connectivity index (χ3v) is 2.31. The van der Waals surface area contributed by atoms with Crippen LogP contribution in [0.5, 0.6) is 5.75 Å². The van der Waals surface area contributed by atoms with E-state index in [1.165, 1.54) is 12.1 Å². The maximum atomic E-state index is 12.0. The quantitative estimate of drug-likeness (QED) is 0.865. The Morgan fingerprint density at radius 1 is 1.25 bits per heavy atom. The van der Waals surface area contributed by atoms with Crippen molar-refractivity contribution in [3.8, 4) is 5.75 Å². The van der Waals surface area contributed by atoms with Crippen LogP contribution in [0.3, 0.4) is 0 Å². The van der Waals surface area contributed by atoms with E-state index in [0.29, 0.717) is 5.69 Å². The highest BCUT2D eigenvalue weighted by molar-refractivity contribution is 6.20. The van der Waals surface area contributed by atoms with Crippen molar-refractivity contribution in [2.24, 2.45) is 0 Å². The molecule has 0 aliphatic heterocycles. The summed E-state index contributed by atoms with van der Waals surface area (Å²) in [5, 5.41) is 9.69. The number of hydrogen-bond donors (Lipinski definition) is 1. The highest BCUT2D eigenvalue weighted by Crippen LogP contribution is 2.26. The van der Waals surface area contributed by atoms with Gasteiger partial charge in [-0.1, -0.05) is 5.10 Å². The first-order valence-corrected chi connectivity index (χ1v) is 5.87. The van der Waals surface area contributed by atoms with Gasteiger partial charge in [-0.15, -0.1) is 29.9 Å². The number of nitrogens with one attached hydrogen (secondary N) is 1. The van der Waals surface area contributed by atoms with Crippen LogP contribution in [-0.2, 0) is 0 Å². The molecule has 0 radical (unpaired) electrons. The molecule has 5 nitrogen and oxygen atoms in total. The third-order valence-electron chi connectivity index (χ3n) is 2.12. The molecule has 0 saturated carbocycles. The lowest BCUT2D eigenvalue weighted by Gasteiger charge is -2.09. The fourth-order valence-corrected chi connectivity index (χ4v) is 1.40. The van der Waals surface area contributed by atoms with Crippen molar-refractivity contribution in [3.05, 3.63) is 30.2 Å². The zero-order valence-electron chi connectivity index (χ0n) is 10.1. The molecule has 1 atom stereocenters. The van der Waals surface area contributed by atoms with E-state index in [4.69, 9.17) is 16.0 Å². The summed E-state index contributed by atoms with van der Waals surface area (Å²) in [6, 6.07) is 5.19. The number of halogens is 4. The summed E-state index contributed by atoms with van der Waals surface area (Å²) in [4.78, 5) is 0. The number of nitrogens with zero attached hydrogens (tertiary/aromatic N) is 2. The molecule has 2 rings (SSSR count). The smallest absolute Gasteiger partial charge is 0.406 e. The summed E-state index contributed by atoms with van der Waals surface area (Å²) in [5.74, 6) is -0.0742. The van der Waals surface area contributed by atoms with E-state index in [1.54, 1.807) is 6.92 Å². The summed E-state index contributed by atoms with van der Waals surface area (Å²) in [7, 11) is 0. The lowest BCUT2D eigenvalue weighted by Crippen LogP contribution is -2.16. The van der Waals surface area contributed by atoms with E-state index >= 15 is 0 Å². The summed E-state index contributed by atoms with van der Waals surface area (Å²) in [6.45, 7) is 1.67. The van der Waals surface area contributed by atoms with Gasteiger partial charge in [0.15, 0.2) is 0 Å². The van der Waals surface area contributed by atoms with Gasteiger partial charge in [0, 0.05) is 5.69 Å². The van der Waals surface area contributed by atoms with E-state index in [0.717, 1.165) is 12.1 Å². The first-order valence-electron chi connectivity index (χ1n) is 5.44. The normalized spacial score (nSPS) is 13.1. The molecular weight excluding hydrogens is 299 g/mol. The van der Waals surface area contributed by atoms with Crippen LogP contribution in [0.25, 0.3) is 0 Å². The third kappa shape index (κ3) is 4.02. The Morgan fingerprint density at radius 3 is 2.40 bits per heavy atom. The van der Waals surface area contributed by atoms with Crippen LogP contribution in [0.2, 0.25) is 0 Å². The Hall–Kier alpha value is -1.96. The lowest BCUT2D eigenvalue weighted by atomic mass is 10.3. The van der Waals surface area contributed by atoms with Crippen molar-refractivity contribution in [2.45, 2.75) is 18.7 Å². The van der Waals surface area contributed by atoms with Crippen LogP contribution in [0.4, 0.5) is 24.9 Å². The summed E-state index contributed by atoms with van der Waals surface area (Å²) >= 11 is 5.75. The van der Waals surface area contributed by atoms with Crippen LogP contribution in [0, 0.1) is 0 Å². The average molecular weight is 308 g/mol. The maximum absolute atomic E-state index is 12.0. The predicted molar refractivity (Wildman–Crippen MR) is 65.0 cm³/mol. The topological polar surface area (TPSA) is 60.2 Å². The van der Waals surface area contributed by atoms with E-state index in [-0.39, 0.29) is 17.7 Å². The first-order chi connectivity index (χ1) is 9.33. The number of benzene rings is 1. The zero-order valence-corrected chi connectivity index (χ0v) is 10.9. The van der Waals surface area contributed by atoms with Gasteiger partial charge in [-0.25, -0.2) is 0 Å². The molecule has 0 spiro atoms. The SMILES string of the molecule is CC(Cl)c1nnc(Nc2ccc(OC(F)(F)F)cc2)o1. The minimum absolute atomic E-state index is 0.0944. The fraction of sp³-hybridized carbons (Fsp3) is 0.273. The van der Waals surface area contributed by atoms with Crippen molar-refractivity contribution >= 4 is 23.3 Å². The summed E-state index contributed by atoms with van der Waals surface area (Å²) in [6.07, 6.45) is -4.72. The van der Waals surface area contributed by atoms with Gasteiger partial charge in [-0.05, 0) is 31.2 Å². The van der Waals surface area contributed by atoms with Gasteiger partial charge in [-0.2, -0.15) is 0 Å². The van der Waals surface area contributed by atoms with Gasteiger partial charge in [0.05, 0.1) is 0 Å². The first kappa shape index (κ1) is 14.4. The van der Waals surface area contributed by atoms with Gasteiger partial charge in [-0.3, -0.25) is 0 Å². The Kier molecular flexibility index (Phi) is 4.03. The average Bonchev–Trinajstić information content (AvgIpc) is 2.78. The van der Waals surface area contributed by atoms with Gasteiger partial charge < -0.3 is 14.5 Å². The lowest BCUT2D eigenvalue weighted by molar-refractivity contribution is -0.274. The summed E-state index contributed by atoms with van der Waals surface area (Å²) in [5.41, 5.74) is 0.469. The fourth-order valence-electron chi connectivity index (χ4n) is 1.31. The van der Waals surface area contributed by atoms with Crippen LogP contribution in [-0.4, -0.2) is 16.6 Å². The monoisotopic (exact) mass is 307 g/mol. The predicted octanol–water partition coefficient (Wildman–Crippen LogP) is 4.01. The second-order valence-corrected chi connectivity index (χ2v) is 4.41. The minimum atomic E-state index is -4.72. The second kappa shape index (κ2) is 5.58. The molecule has 20 heavy (non-hydrogen) atoms. The van der Waals surface area contributed by atoms with Gasteiger partial charge in [0.2, 0.25) is 5.89 Å². The molecule has 1 N–H and O–H groups in total. The van der Waals surface area contributed by atoms with E-state index in [9.17, 15) is 13.2 Å². The molecule has 9 heteroatoms. The van der Waals surface area contributed by atoms with Crippen LogP contribution in [0.1, 0.15) is 18.2 Å². The molecule has 108 valence electrons. The molecule has 0 aliphatic carbocycles. The second-order valence-electron chi connectivity index (χ2n) is 3.76. The molecule has 0 amide bonds. The molecule has 1 aromatic carbocycles. The van der Waals surface area contributed by atoms with Crippen LogP contribution >= 0.6 is 11.6 Å². The Morgan fingerprint density at radius 2 is 1.90 bits per heavy atom. The van der Waals surface area contributed by atoms with Crippen molar-refractivity contribution < 1.29 is 22.3 Å². The van der Waals surface area contributed by atoms with Crippen molar-refractivity contribution in [1.82, 2.24) is 10.2 Å². The Labute approximate surface area is 116 Å². The van der Waals surface area contributed by atoms with Crippen molar-refractivity contribution in [2.75, 3.05) is 5.32 Å². The largest absolute Gasteiger partial charge is 0.573 e. The maximum Gasteiger partial charge on any atom is 0.573 e. The molecule has 2 aromatic rings. The standard InChI is InChI=1S/C11H9ClF3N3O2/c1-6(12)9-17-18-10(19-9)16-7-2-4-8(5-3-7)20-11(13,14)15/h2-6H,1H3,(H,16,18). The number of ether oxygens (including phenoxy) is 1. The zero-order chi connectivity index (χ0) is 14.8. The van der Waals surface area contributed by atoms with Gasteiger partial charge in [0.25, 0.3) is 0 Å². The number of hydrogen-bond acceptors (Lipinski definition) is 5. The molecule has 1 heterocycles. The molecule has 0 bridgehead atoms.